The van der Waals surface area contributed by atoms with E-state index in [1.54, 1.807) is 31.4 Å². The Hall–Kier alpha value is -2.58. The Bertz CT molecular complexity index is 879. The smallest absolute Gasteiger partial charge is 0.319 e. The largest absolute Gasteiger partial charge is 0.497 e. The van der Waals surface area contributed by atoms with E-state index >= 15 is 0 Å². The van der Waals surface area contributed by atoms with Crippen molar-refractivity contribution in [3.05, 3.63) is 54.1 Å². The Labute approximate surface area is 166 Å². The van der Waals surface area contributed by atoms with Gasteiger partial charge in [0.2, 0.25) is 10.0 Å². The molecule has 2 amide bonds. The number of benzene rings is 2. The molecule has 0 saturated carbocycles. The minimum atomic E-state index is -3.65. The van der Waals surface area contributed by atoms with Crippen molar-refractivity contribution in [1.82, 2.24) is 9.62 Å². The van der Waals surface area contributed by atoms with Gasteiger partial charge in [0.05, 0.1) is 12.0 Å². The first-order valence-corrected chi connectivity index (χ1v) is 10.4. The van der Waals surface area contributed by atoms with Crippen LogP contribution in [0.1, 0.15) is 19.4 Å². The van der Waals surface area contributed by atoms with Crippen molar-refractivity contribution >= 4 is 21.7 Å². The topological polar surface area (TPSA) is 87.7 Å². The third-order valence-electron chi connectivity index (χ3n) is 4.06. The molecule has 0 fully saturated rings. The fraction of sp³-hybridized carbons (Fsp3) is 0.350. The third-order valence-corrected chi connectivity index (χ3v) is 5.87. The van der Waals surface area contributed by atoms with E-state index in [0.717, 1.165) is 11.3 Å². The number of carbonyl (C=O) groups excluding carboxylic acids is 1. The highest BCUT2D eigenvalue weighted by molar-refractivity contribution is 7.89. The zero-order valence-electron chi connectivity index (χ0n) is 16.6. The van der Waals surface area contributed by atoms with Crippen LogP contribution < -0.4 is 15.4 Å². The summed E-state index contributed by atoms with van der Waals surface area (Å²) in [7, 11) is -0.532. The lowest BCUT2D eigenvalue weighted by molar-refractivity contribution is 0.251. The number of anilines is 1. The summed E-state index contributed by atoms with van der Waals surface area (Å²) in [4.78, 5) is 12.0. The normalized spacial score (nSPS) is 11.5. The number of methoxy groups -OCH3 is 1. The lowest BCUT2D eigenvalue weighted by Crippen LogP contribution is -2.31. The molecule has 2 rings (SSSR count). The summed E-state index contributed by atoms with van der Waals surface area (Å²) in [5.74, 6) is 1.06. The molecule has 152 valence electrons. The van der Waals surface area contributed by atoms with Gasteiger partial charge < -0.3 is 15.4 Å². The van der Waals surface area contributed by atoms with E-state index in [1.807, 2.05) is 26.0 Å². The maximum atomic E-state index is 12.8. The van der Waals surface area contributed by atoms with Crippen molar-refractivity contribution in [3.63, 3.8) is 0 Å². The summed E-state index contributed by atoms with van der Waals surface area (Å²) in [6.07, 6.45) is 0. The Morgan fingerprint density at radius 1 is 1.07 bits per heavy atom. The molecule has 8 heteroatoms. The van der Waals surface area contributed by atoms with E-state index in [4.69, 9.17) is 4.74 Å². The minimum absolute atomic E-state index is 0.164. The van der Waals surface area contributed by atoms with Crippen LogP contribution >= 0.6 is 0 Å². The monoisotopic (exact) mass is 405 g/mol. The van der Waals surface area contributed by atoms with Crippen LogP contribution in [0.4, 0.5) is 10.5 Å². The highest BCUT2D eigenvalue weighted by Gasteiger charge is 2.21. The van der Waals surface area contributed by atoms with E-state index in [9.17, 15) is 13.2 Å². The molecule has 28 heavy (non-hydrogen) atoms. The van der Waals surface area contributed by atoms with E-state index in [0.29, 0.717) is 18.2 Å². The van der Waals surface area contributed by atoms with Crippen molar-refractivity contribution in [1.29, 1.82) is 0 Å². The molecule has 0 bridgehead atoms. The number of hydrogen-bond donors (Lipinski definition) is 2. The zero-order chi connectivity index (χ0) is 20.7. The van der Waals surface area contributed by atoms with Crippen LogP contribution in [0.15, 0.2) is 53.4 Å². The standard InChI is InChI=1S/C20H27N3O4S/c1-15(2)13-21-20(24)22-17-7-11-19(12-8-17)28(25,26)23(3)14-16-5-9-18(27-4)10-6-16/h5-12,15H,13-14H2,1-4H3,(H2,21,22,24). The number of amides is 2. The van der Waals surface area contributed by atoms with Crippen LogP contribution in [0, 0.1) is 5.92 Å². The predicted molar refractivity (Wildman–Crippen MR) is 110 cm³/mol. The van der Waals surface area contributed by atoms with Crippen LogP contribution in [0.2, 0.25) is 0 Å². The molecule has 0 saturated heterocycles. The average Bonchev–Trinajstić information content (AvgIpc) is 2.67. The van der Waals surface area contributed by atoms with Gasteiger partial charge in [-0.15, -0.1) is 0 Å². The second-order valence-electron chi connectivity index (χ2n) is 6.86. The molecule has 0 atom stereocenters. The molecular weight excluding hydrogens is 378 g/mol. The summed E-state index contributed by atoms with van der Waals surface area (Å²) in [6.45, 7) is 4.81. The lowest BCUT2D eigenvalue weighted by Gasteiger charge is -2.18. The number of nitrogens with zero attached hydrogens (tertiary/aromatic N) is 1. The summed E-state index contributed by atoms with van der Waals surface area (Å²) in [5, 5.41) is 5.43. The van der Waals surface area contributed by atoms with Crippen LogP contribution in [-0.2, 0) is 16.6 Å². The quantitative estimate of drug-likeness (QED) is 0.705. The third kappa shape index (κ3) is 5.97. The fourth-order valence-electron chi connectivity index (χ4n) is 2.44. The molecule has 0 aromatic heterocycles. The van der Waals surface area contributed by atoms with E-state index in [1.165, 1.54) is 23.5 Å². The van der Waals surface area contributed by atoms with E-state index in [-0.39, 0.29) is 17.5 Å². The van der Waals surface area contributed by atoms with Gasteiger partial charge in [-0.05, 0) is 47.9 Å². The van der Waals surface area contributed by atoms with Crippen LogP contribution in [-0.4, -0.2) is 39.5 Å². The van der Waals surface area contributed by atoms with E-state index in [2.05, 4.69) is 10.6 Å². The number of ether oxygens (including phenoxy) is 1. The molecule has 0 aliphatic heterocycles. The number of hydrogen-bond acceptors (Lipinski definition) is 4. The van der Waals surface area contributed by atoms with E-state index < -0.39 is 10.0 Å². The molecule has 0 spiro atoms. The van der Waals surface area contributed by atoms with Crippen LogP contribution in [0.3, 0.4) is 0 Å². The second kappa shape index (κ2) is 9.57. The molecule has 7 nitrogen and oxygen atoms in total. The Morgan fingerprint density at radius 2 is 1.68 bits per heavy atom. The highest BCUT2D eigenvalue weighted by atomic mass is 32.2. The number of urea groups is 1. The Morgan fingerprint density at radius 3 is 2.21 bits per heavy atom. The summed E-state index contributed by atoms with van der Waals surface area (Å²) >= 11 is 0. The molecule has 0 heterocycles. The van der Waals surface area contributed by atoms with Crippen LogP contribution in [0.25, 0.3) is 0 Å². The molecule has 0 aliphatic rings. The highest BCUT2D eigenvalue weighted by Crippen LogP contribution is 2.20. The summed E-state index contributed by atoms with van der Waals surface area (Å²) in [5.41, 5.74) is 1.38. The first kappa shape index (κ1) is 21.7. The van der Waals surface area contributed by atoms with Gasteiger partial charge in [0, 0.05) is 25.8 Å². The van der Waals surface area contributed by atoms with Crippen molar-refractivity contribution in [2.45, 2.75) is 25.3 Å². The van der Waals surface area contributed by atoms with Gasteiger partial charge in [0.25, 0.3) is 0 Å². The second-order valence-corrected chi connectivity index (χ2v) is 8.91. The number of nitrogens with one attached hydrogen (secondary N) is 2. The lowest BCUT2D eigenvalue weighted by atomic mass is 10.2. The van der Waals surface area contributed by atoms with Gasteiger partial charge >= 0.3 is 6.03 Å². The maximum Gasteiger partial charge on any atom is 0.319 e. The van der Waals surface area contributed by atoms with Crippen molar-refractivity contribution < 1.29 is 17.9 Å². The van der Waals surface area contributed by atoms with Gasteiger partial charge in [-0.25, -0.2) is 13.2 Å². The van der Waals surface area contributed by atoms with Gasteiger partial charge in [-0.2, -0.15) is 4.31 Å². The number of carbonyl (C=O) groups is 1. The van der Waals surface area contributed by atoms with Gasteiger partial charge in [0.1, 0.15) is 5.75 Å². The summed E-state index contributed by atoms with van der Waals surface area (Å²) in [6, 6.07) is 13.0. The van der Waals surface area contributed by atoms with Crippen molar-refractivity contribution in [2.24, 2.45) is 5.92 Å². The zero-order valence-corrected chi connectivity index (χ0v) is 17.4. The maximum absolute atomic E-state index is 12.8. The predicted octanol–water partition coefficient (Wildman–Crippen LogP) is 3.29. The molecule has 2 N–H and O–H groups in total. The van der Waals surface area contributed by atoms with Crippen molar-refractivity contribution in [2.75, 3.05) is 26.0 Å². The first-order chi connectivity index (χ1) is 13.2. The molecule has 0 unspecified atom stereocenters. The SMILES string of the molecule is COc1ccc(CN(C)S(=O)(=O)c2ccc(NC(=O)NCC(C)C)cc2)cc1. The molecule has 0 radical (unpaired) electrons. The Kier molecular flexibility index (Phi) is 7.42. The fourth-order valence-corrected chi connectivity index (χ4v) is 3.59. The molecule has 0 aliphatic carbocycles. The summed E-state index contributed by atoms with van der Waals surface area (Å²) < 4.78 is 31.9. The average molecular weight is 406 g/mol. The minimum Gasteiger partial charge on any atom is -0.497 e. The van der Waals surface area contributed by atoms with Gasteiger partial charge in [-0.1, -0.05) is 26.0 Å². The van der Waals surface area contributed by atoms with Crippen LogP contribution in [0.5, 0.6) is 5.75 Å². The first-order valence-electron chi connectivity index (χ1n) is 8.96. The number of sulfonamides is 1. The van der Waals surface area contributed by atoms with Gasteiger partial charge in [0.15, 0.2) is 0 Å². The molecule has 2 aromatic rings. The number of rotatable bonds is 8. The molecule has 2 aromatic carbocycles. The molecular formula is C20H27N3O4S. The van der Waals surface area contributed by atoms with Crippen molar-refractivity contribution in [3.8, 4) is 5.75 Å². The van der Waals surface area contributed by atoms with Gasteiger partial charge in [-0.3, -0.25) is 0 Å². The Balaban J connectivity index is 2.02.